The van der Waals surface area contributed by atoms with Crippen molar-refractivity contribution in [3.05, 3.63) is 27.1 Å². The Bertz CT molecular complexity index is 382. The van der Waals surface area contributed by atoms with Crippen molar-refractivity contribution >= 4 is 11.6 Å². The smallest absolute Gasteiger partial charge is 0.285 e. The average Bonchev–Trinajstić information content (AvgIpc) is 2.80. The lowest BCUT2D eigenvalue weighted by atomic mass is 10.2. The first-order chi connectivity index (χ1) is 6.03. The van der Waals surface area contributed by atoms with Crippen molar-refractivity contribution in [3.8, 4) is 0 Å². The van der Waals surface area contributed by atoms with Crippen molar-refractivity contribution < 1.29 is 0 Å². The van der Waals surface area contributed by atoms with Gasteiger partial charge in [0.2, 0.25) is 0 Å². The molecule has 0 aliphatic heterocycles. The molecule has 5 heteroatoms. The molecule has 0 aromatic carbocycles. The van der Waals surface area contributed by atoms with E-state index in [1.807, 2.05) is 0 Å². The highest BCUT2D eigenvalue weighted by Crippen LogP contribution is 2.41. The van der Waals surface area contributed by atoms with E-state index in [4.69, 9.17) is 17.3 Å². The van der Waals surface area contributed by atoms with E-state index in [0.717, 1.165) is 12.8 Å². The van der Waals surface area contributed by atoms with Crippen LogP contribution >= 0.6 is 11.6 Å². The highest BCUT2D eigenvalue weighted by molar-refractivity contribution is 6.30. The Morgan fingerprint density at radius 2 is 2.31 bits per heavy atom. The van der Waals surface area contributed by atoms with Gasteiger partial charge in [0.1, 0.15) is 5.02 Å². The fourth-order valence-electron chi connectivity index (χ4n) is 1.21. The molecular weight excluding hydrogens is 190 g/mol. The highest BCUT2D eigenvalue weighted by atomic mass is 35.5. The van der Waals surface area contributed by atoms with Gasteiger partial charge in [-0.1, -0.05) is 11.6 Å². The number of aryl methyl sites for hydroxylation is 1. The molecule has 2 N–H and O–H groups in total. The summed E-state index contributed by atoms with van der Waals surface area (Å²) in [6, 6.07) is 1.57. The number of nitrogens with two attached hydrogens (primary N) is 1. The van der Waals surface area contributed by atoms with Gasteiger partial charge < -0.3 is 5.73 Å². The van der Waals surface area contributed by atoms with Crippen LogP contribution in [0.2, 0.25) is 5.02 Å². The van der Waals surface area contributed by atoms with Crippen LogP contribution in [0.15, 0.2) is 10.9 Å². The third kappa shape index (κ3) is 1.36. The van der Waals surface area contributed by atoms with Crippen LogP contribution in [-0.2, 0) is 12.6 Å². The van der Waals surface area contributed by atoms with Crippen LogP contribution in [0, 0.1) is 0 Å². The van der Waals surface area contributed by atoms with Gasteiger partial charge in [0.05, 0.1) is 11.2 Å². The molecule has 0 bridgehead atoms. The van der Waals surface area contributed by atoms with Gasteiger partial charge >= 0.3 is 0 Å². The molecule has 0 atom stereocenters. The normalized spacial score (nSPS) is 18.7. The van der Waals surface area contributed by atoms with Gasteiger partial charge in [-0.05, 0) is 18.9 Å². The van der Waals surface area contributed by atoms with Gasteiger partial charge in [0, 0.05) is 7.05 Å². The fraction of sp³-hybridized carbons (Fsp3) is 0.500. The van der Waals surface area contributed by atoms with E-state index in [1.165, 1.54) is 4.68 Å². The summed E-state index contributed by atoms with van der Waals surface area (Å²) >= 11 is 5.72. The second-order valence-electron chi connectivity index (χ2n) is 3.46. The summed E-state index contributed by atoms with van der Waals surface area (Å²) in [5.74, 6) is 0. The molecule has 1 aliphatic rings. The standard InChI is InChI=1S/C8H10ClN3O/c1-12-7(13)5(9)4-6(11-12)8(10)2-3-8/h4H,2-3,10H2,1H3. The predicted octanol–water partition coefficient (Wildman–Crippen LogP) is 0.381. The topological polar surface area (TPSA) is 60.9 Å². The van der Waals surface area contributed by atoms with Crippen LogP contribution in [0.5, 0.6) is 0 Å². The van der Waals surface area contributed by atoms with Gasteiger partial charge in [0.15, 0.2) is 0 Å². The van der Waals surface area contributed by atoms with E-state index in [9.17, 15) is 4.79 Å². The minimum Gasteiger partial charge on any atom is -0.320 e. The lowest BCUT2D eigenvalue weighted by molar-refractivity contribution is 0.614. The van der Waals surface area contributed by atoms with E-state index >= 15 is 0 Å². The first-order valence-electron chi connectivity index (χ1n) is 4.06. The van der Waals surface area contributed by atoms with Crippen LogP contribution in [0.25, 0.3) is 0 Å². The third-order valence-electron chi connectivity index (χ3n) is 2.32. The number of halogens is 1. The van der Waals surface area contributed by atoms with Crippen molar-refractivity contribution in [1.82, 2.24) is 9.78 Å². The maximum absolute atomic E-state index is 11.2. The van der Waals surface area contributed by atoms with Crippen molar-refractivity contribution in [2.45, 2.75) is 18.4 Å². The van der Waals surface area contributed by atoms with Crippen LogP contribution in [0.1, 0.15) is 18.5 Å². The summed E-state index contributed by atoms with van der Waals surface area (Å²) in [5, 5.41) is 4.25. The number of hydrogen-bond donors (Lipinski definition) is 1. The largest absolute Gasteiger partial charge is 0.320 e. The van der Waals surface area contributed by atoms with E-state index in [1.54, 1.807) is 13.1 Å². The summed E-state index contributed by atoms with van der Waals surface area (Å²) in [5.41, 5.74) is 6.01. The van der Waals surface area contributed by atoms with Crippen LogP contribution in [0.4, 0.5) is 0 Å². The van der Waals surface area contributed by atoms with E-state index < -0.39 is 0 Å². The fourth-order valence-corrected chi connectivity index (χ4v) is 1.43. The minimum absolute atomic E-state index is 0.184. The molecule has 0 amide bonds. The molecule has 0 unspecified atom stereocenters. The Balaban J connectivity index is 2.56. The molecule has 70 valence electrons. The zero-order valence-corrected chi connectivity index (χ0v) is 8.01. The zero-order valence-electron chi connectivity index (χ0n) is 7.25. The number of aromatic nitrogens is 2. The van der Waals surface area contributed by atoms with Gasteiger partial charge in [-0.3, -0.25) is 4.79 Å². The van der Waals surface area contributed by atoms with Crippen LogP contribution in [-0.4, -0.2) is 9.78 Å². The molecule has 0 radical (unpaired) electrons. The quantitative estimate of drug-likeness (QED) is 0.712. The van der Waals surface area contributed by atoms with Gasteiger partial charge in [-0.15, -0.1) is 0 Å². The highest BCUT2D eigenvalue weighted by Gasteiger charge is 2.42. The minimum atomic E-state index is -0.338. The first kappa shape index (κ1) is 8.72. The van der Waals surface area contributed by atoms with E-state index in [2.05, 4.69) is 5.10 Å². The number of rotatable bonds is 1. The van der Waals surface area contributed by atoms with Crippen molar-refractivity contribution in [1.29, 1.82) is 0 Å². The Hall–Kier alpha value is -0.870. The molecule has 1 aromatic heterocycles. The van der Waals surface area contributed by atoms with Crippen LogP contribution < -0.4 is 11.3 Å². The Kier molecular flexibility index (Phi) is 1.72. The molecule has 0 spiro atoms. The SMILES string of the molecule is Cn1nc(C2(N)CC2)cc(Cl)c1=O. The maximum Gasteiger partial charge on any atom is 0.285 e. The first-order valence-corrected chi connectivity index (χ1v) is 4.44. The second-order valence-corrected chi connectivity index (χ2v) is 3.87. The van der Waals surface area contributed by atoms with Gasteiger partial charge in [0.25, 0.3) is 5.56 Å². The molecule has 2 rings (SSSR count). The number of nitrogens with zero attached hydrogens (tertiary/aromatic N) is 2. The molecule has 13 heavy (non-hydrogen) atoms. The molecule has 1 saturated carbocycles. The molecule has 1 fully saturated rings. The lowest BCUT2D eigenvalue weighted by Gasteiger charge is -2.08. The zero-order chi connectivity index (χ0) is 9.64. The Morgan fingerprint density at radius 3 is 2.77 bits per heavy atom. The Labute approximate surface area is 80.3 Å². The molecule has 0 saturated heterocycles. The van der Waals surface area contributed by atoms with Crippen molar-refractivity contribution in [2.24, 2.45) is 12.8 Å². The second kappa shape index (κ2) is 2.56. The summed E-state index contributed by atoms with van der Waals surface area (Å²) in [6.45, 7) is 0. The summed E-state index contributed by atoms with van der Waals surface area (Å²) in [7, 11) is 1.57. The monoisotopic (exact) mass is 199 g/mol. The van der Waals surface area contributed by atoms with Crippen molar-refractivity contribution in [3.63, 3.8) is 0 Å². The third-order valence-corrected chi connectivity index (χ3v) is 2.59. The molecule has 4 nitrogen and oxygen atoms in total. The number of hydrogen-bond acceptors (Lipinski definition) is 3. The predicted molar refractivity (Wildman–Crippen MR) is 49.6 cm³/mol. The molecular formula is C8H10ClN3O. The summed E-state index contributed by atoms with van der Waals surface area (Å²) < 4.78 is 1.23. The summed E-state index contributed by atoms with van der Waals surface area (Å²) in [6.07, 6.45) is 1.82. The van der Waals surface area contributed by atoms with E-state index in [-0.39, 0.29) is 16.1 Å². The Morgan fingerprint density at radius 1 is 1.69 bits per heavy atom. The van der Waals surface area contributed by atoms with Crippen LogP contribution in [0.3, 0.4) is 0 Å². The van der Waals surface area contributed by atoms with Gasteiger partial charge in [-0.2, -0.15) is 5.10 Å². The average molecular weight is 200 g/mol. The molecule has 1 heterocycles. The molecule has 1 aliphatic carbocycles. The molecule has 1 aromatic rings. The van der Waals surface area contributed by atoms with Crippen molar-refractivity contribution in [2.75, 3.05) is 0 Å². The lowest BCUT2D eigenvalue weighted by Crippen LogP contribution is -2.28. The van der Waals surface area contributed by atoms with Gasteiger partial charge in [-0.25, -0.2) is 4.68 Å². The summed E-state index contributed by atoms with van der Waals surface area (Å²) in [4.78, 5) is 11.2. The maximum atomic E-state index is 11.2. The van der Waals surface area contributed by atoms with E-state index in [0.29, 0.717) is 5.69 Å².